The van der Waals surface area contributed by atoms with E-state index in [4.69, 9.17) is 5.73 Å². The zero-order valence-electron chi connectivity index (χ0n) is 17.0. The van der Waals surface area contributed by atoms with Crippen molar-refractivity contribution in [2.45, 2.75) is 56.6 Å². The molecule has 0 aliphatic carbocycles. The lowest BCUT2D eigenvalue weighted by molar-refractivity contribution is -0.143. The predicted molar refractivity (Wildman–Crippen MR) is 104 cm³/mol. The summed E-state index contributed by atoms with van der Waals surface area (Å²) in [6.45, 7) is 1.58. The number of rotatable bonds is 12. The number of amides is 3. The zero-order chi connectivity index (χ0) is 23.7. The fraction of sp³-hybridized carbons (Fsp3) is 0.588. The summed E-state index contributed by atoms with van der Waals surface area (Å²) in [6, 6.07) is -5.88. The van der Waals surface area contributed by atoms with Gasteiger partial charge in [0.15, 0.2) is 0 Å². The number of carboxylic acids is 1. The first-order valence-corrected chi connectivity index (χ1v) is 9.31. The smallest absolute Gasteiger partial charge is 0.326 e. The molecule has 0 aliphatic rings. The number of carboxylic acid groups (broad SMARTS) is 1. The number of carbonyl (C=O) groups is 4. The van der Waals surface area contributed by atoms with E-state index in [1.54, 1.807) is 0 Å². The highest BCUT2D eigenvalue weighted by atomic mass is 16.4. The first-order chi connectivity index (χ1) is 14.5. The van der Waals surface area contributed by atoms with Crippen LogP contribution in [0.5, 0.6) is 0 Å². The van der Waals surface area contributed by atoms with Crippen LogP contribution in [-0.4, -0.2) is 97.1 Å². The summed E-state index contributed by atoms with van der Waals surface area (Å²) in [5.74, 6) is -4.31. The number of aliphatic carboxylic acids is 1. The summed E-state index contributed by atoms with van der Waals surface area (Å²) in [4.78, 5) is 54.7. The molecule has 6 unspecified atom stereocenters. The van der Waals surface area contributed by atoms with E-state index in [2.05, 4.69) is 25.9 Å². The van der Waals surface area contributed by atoms with Crippen LogP contribution in [0.15, 0.2) is 12.5 Å². The van der Waals surface area contributed by atoms with Crippen LogP contribution in [-0.2, 0) is 25.6 Å². The van der Waals surface area contributed by atoms with E-state index < -0.39 is 66.7 Å². The summed E-state index contributed by atoms with van der Waals surface area (Å²) in [5, 5.41) is 44.4. The fourth-order valence-corrected chi connectivity index (χ4v) is 2.42. The molecule has 0 aromatic carbocycles. The number of hydrogen-bond donors (Lipinski definition) is 9. The number of nitrogens with zero attached hydrogens (tertiary/aromatic N) is 1. The first kappa shape index (κ1) is 26.0. The van der Waals surface area contributed by atoms with Gasteiger partial charge in [-0.25, -0.2) is 9.78 Å². The number of nitrogens with two attached hydrogens (primary N) is 1. The molecule has 14 nitrogen and oxygen atoms in total. The van der Waals surface area contributed by atoms with E-state index in [0.29, 0.717) is 5.69 Å². The minimum absolute atomic E-state index is 0.131. The number of carbonyl (C=O) groups excluding carboxylic acids is 3. The lowest BCUT2D eigenvalue weighted by Gasteiger charge is -2.26. The number of aromatic amines is 1. The summed E-state index contributed by atoms with van der Waals surface area (Å²) in [7, 11) is 0. The van der Waals surface area contributed by atoms with Crippen molar-refractivity contribution in [2.24, 2.45) is 5.73 Å². The molecule has 14 heteroatoms. The number of nitrogens with one attached hydrogen (secondary N) is 4. The molecular formula is C17H28N6O8. The molecule has 1 aromatic rings. The van der Waals surface area contributed by atoms with Crippen molar-refractivity contribution >= 4 is 23.7 Å². The van der Waals surface area contributed by atoms with Crippen molar-refractivity contribution in [1.82, 2.24) is 25.9 Å². The largest absolute Gasteiger partial charge is 0.480 e. The van der Waals surface area contributed by atoms with Crippen LogP contribution in [0.4, 0.5) is 0 Å². The maximum absolute atomic E-state index is 12.5. The number of H-pyrrole nitrogens is 1. The van der Waals surface area contributed by atoms with E-state index >= 15 is 0 Å². The summed E-state index contributed by atoms with van der Waals surface area (Å²) >= 11 is 0. The van der Waals surface area contributed by atoms with Crippen LogP contribution >= 0.6 is 0 Å². The topological polar surface area (TPSA) is 240 Å². The van der Waals surface area contributed by atoms with E-state index in [1.165, 1.54) is 26.4 Å². The van der Waals surface area contributed by atoms with E-state index in [1.807, 2.05) is 0 Å². The molecule has 0 radical (unpaired) electrons. The van der Waals surface area contributed by atoms with Gasteiger partial charge in [-0.15, -0.1) is 0 Å². The van der Waals surface area contributed by atoms with E-state index in [0.717, 1.165) is 0 Å². The van der Waals surface area contributed by atoms with E-state index in [9.17, 15) is 39.6 Å². The van der Waals surface area contributed by atoms with Gasteiger partial charge in [0.25, 0.3) is 0 Å². The highest BCUT2D eigenvalue weighted by molar-refractivity contribution is 5.94. The Morgan fingerprint density at radius 2 is 1.65 bits per heavy atom. The predicted octanol–water partition coefficient (Wildman–Crippen LogP) is -4.43. The Kier molecular flexibility index (Phi) is 10.0. The van der Waals surface area contributed by atoms with Gasteiger partial charge in [0.05, 0.1) is 25.1 Å². The van der Waals surface area contributed by atoms with Gasteiger partial charge in [0.2, 0.25) is 17.7 Å². The molecule has 31 heavy (non-hydrogen) atoms. The second kappa shape index (κ2) is 11.9. The van der Waals surface area contributed by atoms with Crippen molar-refractivity contribution in [3.05, 3.63) is 18.2 Å². The first-order valence-electron chi connectivity index (χ1n) is 9.31. The third kappa shape index (κ3) is 7.93. The van der Waals surface area contributed by atoms with E-state index in [-0.39, 0.29) is 6.42 Å². The summed E-state index contributed by atoms with van der Waals surface area (Å²) in [5.41, 5.74) is 5.89. The Balaban J connectivity index is 2.84. The highest BCUT2D eigenvalue weighted by Crippen LogP contribution is 2.02. The van der Waals surface area contributed by atoms with Gasteiger partial charge in [-0.2, -0.15) is 0 Å². The minimum atomic E-state index is -1.59. The third-order valence-electron chi connectivity index (χ3n) is 4.29. The number of aromatic nitrogens is 2. The molecule has 3 amide bonds. The molecule has 1 rings (SSSR count). The Morgan fingerprint density at radius 1 is 1.03 bits per heavy atom. The van der Waals surface area contributed by atoms with Crippen molar-refractivity contribution in [2.75, 3.05) is 6.61 Å². The van der Waals surface area contributed by atoms with Gasteiger partial charge in [-0.3, -0.25) is 14.4 Å². The number of imidazole rings is 1. The zero-order valence-corrected chi connectivity index (χ0v) is 17.0. The van der Waals surface area contributed by atoms with Crippen LogP contribution in [0.25, 0.3) is 0 Å². The average molecular weight is 444 g/mol. The maximum Gasteiger partial charge on any atom is 0.326 e. The van der Waals surface area contributed by atoms with Crippen LogP contribution in [0.1, 0.15) is 19.5 Å². The molecule has 0 aliphatic heterocycles. The van der Waals surface area contributed by atoms with Crippen molar-refractivity contribution < 1.29 is 39.6 Å². The van der Waals surface area contributed by atoms with Crippen molar-refractivity contribution in [1.29, 1.82) is 0 Å². The van der Waals surface area contributed by atoms with Crippen molar-refractivity contribution in [3.63, 3.8) is 0 Å². The normalized spacial score (nSPS) is 16.8. The summed E-state index contributed by atoms with van der Waals surface area (Å²) in [6.07, 6.45) is -0.0837. The Morgan fingerprint density at radius 3 is 2.10 bits per heavy atom. The van der Waals surface area contributed by atoms with Gasteiger partial charge in [-0.1, -0.05) is 0 Å². The monoisotopic (exact) mass is 444 g/mol. The number of aliphatic hydroxyl groups is 3. The Hall–Kier alpha value is -3.07. The molecule has 6 atom stereocenters. The van der Waals surface area contributed by atoms with Gasteiger partial charge in [0.1, 0.15) is 24.2 Å². The van der Waals surface area contributed by atoms with Crippen LogP contribution in [0.3, 0.4) is 0 Å². The fourth-order valence-electron chi connectivity index (χ4n) is 2.42. The quantitative estimate of drug-likeness (QED) is 0.150. The Bertz CT molecular complexity index is 754. The van der Waals surface area contributed by atoms with Gasteiger partial charge >= 0.3 is 5.97 Å². The third-order valence-corrected chi connectivity index (χ3v) is 4.29. The van der Waals surface area contributed by atoms with Gasteiger partial charge in [-0.05, 0) is 13.8 Å². The maximum atomic E-state index is 12.5. The van der Waals surface area contributed by atoms with Crippen LogP contribution in [0, 0.1) is 0 Å². The van der Waals surface area contributed by atoms with Gasteiger partial charge in [0, 0.05) is 18.3 Å². The molecule has 0 fully saturated rings. The second-order valence-corrected chi connectivity index (χ2v) is 6.92. The van der Waals surface area contributed by atoms with Gasteiger partial charge < -0.3 is 47.1 Å². The minimum Gasteiger partial charge on any atom is -0.480 e. The second-order valence-electron chi connectivity index (χ2n) is 6.92. The molecule has 174 valence electrons. The molecule has 1 aromatic heterocycles. The molecular weight excluding hydrogens is 416 g/mol. The molecule has 0 bridgehead atoms. The SMILES string of the molecule is CC(O)C(N)C(=O)NC(CO)C(=O)NC(C(=O)NC(Cc1cnc[nH]1)C(=O)O)C(C)O. The Labute approximate surface area is 177 Å². The van der Waals surface area contributed by atoms with Crippen LogP contribution in [0.2, 0.25) is 0 Å². The highest BCUT2D eigenvalue weighted by Gasteiger charge is 2.33. The summed E-state index contributed by atoms with van der Waals surface area (Å²) < 4.78 is 0. The molecule has 1 heterocycles. The van der Waals surface area contributed by atoms with Crippen molar-refractivity contribution in [3.8, 4) is 0 Å². The standard InChI is InChI=1S/C17H28N6O8/c1-7(25)12(18)15(28)22-11(5-24)14(27)23-13(8(2)26)16(29)21-10(17(30)31)3-9-4-19-6-20-9/h4,6-8,10-13,24-26H,3,5,18H2,1-2H3,(H,19,20)(H,21,29)(H,22,28)(H,23,27)(H,30,31). The average Bonchev–Trinajstić information content (AvgIpc) is 3.21. The molecule has 0 saturated heterocycles. The molecule has 0 spiro atoms. The molecule has 10 N–H and O–H groups in total. The van der Waals surface area contributed by atoms with Crippen LogP contribution < -0.4 is 21.7 Å². The molecule has 0 saturated carbocycles. The number of hydrogen-bond acceptors (Lipinski definition) is 9. The number of aliphatic hydroxyl groups excluding tert-OH is 3. The lowest BCUT2D eigenvalue weighted by atomic mass is 10.1. The lowest BCUT2D eigenvalue weighted by Crippen LogP contribution is -2.61.